The van der Waals surface area contributed by atoms with Gasteiger partial charge in [-0.15, -0.1) is 0 Å². The predicted molar refractivity (Wildman–Crippen MR) is 115 cm³/mol. The topological polar surface area (TPSA) is 74.0 Å². The molecule has 1 N–H and O–H groups in total. The molecule has 7 nitrogen and oxygen atoms in total. The quantitative estimate of drug-likeness (QED) is 0.479. The van der Waals surface area contributed by atoms with Crippen molar-refractivity contribution in [1.82, 2.24) is 14.6 Å². The molecule has 0 aliphatic carbocycles. The summed E-state index contributed by atoms with van der Waals surface area (Å²) in [6, 6.07) is 13.5. The van der Waals surface area contributed by atoms with E-state index in [-0.39, 0.29) is 11.6 Å². The molecular weight excluding hydrogens is 416 g/mol. The van der Waals surface area contributed by atoms with Crippen LogP contribution < -0.4 is 9.80 Å². The van der Waals surface area contributed by atoms with Gasteiger partial charge in [-0.25, -0.2) is 28.0 Å². The van der Waals surface area contributed by atoms with Crippen LogP contribution in [-0.4, -0.2) is 32.3 Å². The Morgan fingerprint density at radius 3 is 2.72 bits per heavy atom. The van der Waals surface area contributed by atoms with Crippen molar-refractivity contribution in [3.63, 3.8) is 0 Å². The van der Waals surface area contributed by atoms with Gasteiger partial charge in [-0.05, 0) is 49.2 Å². The molecular formula is C23H19F2N5O2. The Morgan fingerprint density at radius 1 is 1.12 bits per heavy atom. The number of halogens is 2. The van der Waals surface area contributed by atoms with E-state index in [4.69, 9.17) is 0 Å². The first-order valence-corrected chi connectivity index (χ1v) is 10.2. The van der Waals surface area contributed by atoms with Crippen molar-refractivity contribution >= 4 is 28.9 Å². The van der Waals surface area contributed by atoms with Crippen LogP contribution in [0.15, 0.2) is 67.0 Å². The van der Waals surface area contributed by atoms with Crippen LogP contribution in [0.5, 0.6) is 0 Å². The number of hydrogen-bond acceptors (Lipinski definition) is 4. The zero-order valence-electron chi connectivity index (χ0n) is 16.9. The van der Waals surface area contributed by atoms with Crippen LogP contribution in [0.25, 0.3) is 5.65 Å². The van der Waals surface area contributed by atoms with Crippen molar-refractivity contribution in [2.45, 2.75) is 18.9 Å². The Kier molecular flexibility index (Phi) is 4.93. The van der Waals surface area contributed by atoms with E-state index in [0.29, 0.717) is 35.8 Å². The molecule has 1 aliphatic heterocycles. The van der Waals surface area contributed by atoms with Gasteiger partial charge in [0.15, 0.2) is 5.65 Å². The molecule has 5 rings (SSSR count). The second-order valence-corrected chi connectivity index (χ2v) is 7.55. The summed E-state index contributed by atoms with van der Waals surface area (Å²) in [5, 5.41) is 14.1. The molecule has 1 amide bonds. The molecule has 0 bridgehead atoms. The van der Waals surface area contributed by atoms with Gasteiger partial charge in [0.2, 0.25) is 0 Å². The van der Waals surface area contributed by atoms with Crippen LogP contribution >= 0.6 is 0 Å². The van der Waals surface area contributed by atoms with E-state index in [2.05, 4.69) is 10.1 Å². The fourth-order valence-electron chi connectivity index (χ4n) is 4.23. The molecule has 3 heterocycles. The first-order valence-electron chi connectivity index (χ1n) is 10.2. The number of fused-ring (bicyclic) bond motifs is 1. The van der Waals surface area contributed by atoms with Crippen LogP contribution in [0.1, 0.15) is 24.4 Å². The molecule has 0 unspecified atom stereocenters. The molecule has 9 heteroatoms. The maximum Gasteiger partial charge on any atom is 0.416 e. The zero-order chi connectivity index (χ0) is 22.2. The minimum atomic E-state index is -1.17. The normalized spacial score (nSPS) is 15.9. The minimum Gasteiger partial charge on any atom is -0.464 e. The summed E-state index contributed by atoms with van der Waals surface area (Å²) in [6.45, 7) is 0.620. The highest BCUT2D eigenvalue weighted by Gasteiger charge is 2.30. The Morgan fingerprint density at radius 2 is 1.94 bits per heavy atom. The first kappa shape index (κ1) is 19.9. The van der Waals surface area contributed by atoms with Crippen LogP contribution in [0.3, 0.4) is 0 Å². The molecule has 2 aromatic heterocycles. The highest BCUT2D eigenvalue weighted by Crippen LogP contribution is 2.37. The van der Waals surface area contributed by atoms with Crippen molar-refractivity contribution in [3.05, 3.63) is 84.2 Å². The lowest BCUT2D eigenvalue weighted by atomic mass is 10.0. The number of carboxylic acid groups (broad SMARTS) is 1. The molecule has 162 valence electrons. The third kappa shape index (κ3) is 3.41. The summed E-state index contributed by atoms with van der Waals surface area (Å²) in [6.07, 6.45) is 3.42. The molecule has 2 aromatic carbocycles. The third-order valence-electron chi connectivity index (χ3n) is 5.65. The lowest BCUT2D eigenvalue weighted by molar-refractivity contribution is 0.205. The number of hydrogen-bond donors (Lipinski definition) is 1. The number of nitrogens with zero attached hydrogens (tertiary/aromatic N) is 5. The Labute approximate surface area is 182 Å². The maximum absolute atomic E-state index is 14.5. The van der Waals surface area contributed by atoms with Gasteiger partial charge in [0.05, 0.1) is 17.9 Å². The van der Waals surface area contributed by atoms with Crippen molar-refractivity contribution in [3.8, 4) is 0 Å². The van der Waals surface area contributed by atoms with E-state index < -0.39 is 17.7 Å². The highest BCUT2D eigenvalue weighted by atomic mass is 19.1. The average molecular weight is 435 g/mol. The fourth-order valence-corrected chi connectivity index (χ4v) is 4.23. The molecule has 0 radical (unpaired) electrons. The summed E-state index contributed by atoms with van der Waals surface area (Å²) in [5.74, 6) is -0.408. The molecule has 4 aromatic rings. The molecule has 1 atom stereocenters. The minimum absolute atomic E-state index is 0.286. The van der Waals surface area contributed by atoms with E-state index in [1.165, 1.54) is 16.8 Å². The molecule has 32 heavy (non-hydrogen) atoms. The lowest BCUT2D eigenvalue weighted by Gasteiger charge is -2.26. The first-order chi connectivity index (χ1) is 15.5. The number of para-hydroxylation sites is 1. The van der Waals surface area contributed by atoms with Gasteiger partial charge in [0.1, 0.15) is 23.1 Å². The monoisotopic (exact) mass is 435 g/mol. The van der Waals surface area contributed by atoms with Crippen molar-refractivity contribution < 1.29 is 18.7 Å². The van der Waals surface area contributed by atoms with E-state index in [1.54, 1.807) is 42.6 Å². The van der Waals surface area contributed by atoms with Crippen LogP contribution in [0, 0.1) is 11.6 Å². The largest absolute Gasteiger partial charge is 0.464 e. The summed E-state index contributed by atoms with van der Waals surface area (Å²) in [7, 11) is 0. The van der Waals surface area contributed by atoms with Crippen LogP contribution in [0.4, 0.5) is 30.8 Å². The molecule has 1 saturated heterocycles. The Bertz CT molecular complexity index is 1290. The average Bonchev–Trinajstić information content (AvgIpc) is 3.43. The maximum atomic E-state index is 14.5. The van der Waals surface area contributed by atoms with Crippen molar-refractivity contribution in [2.24, 2.45) is 0 Å². The van der Waals surface area contributed by atoms with Gasteiger partial charge in [0.25, 0.3) is 0 Å². The molecule has 0 spiro atoms. The number of rotatable bonds is 4. The fraction of sp³-hybridized carbons (Fsp3) is 0.174. The van der Waals surface area contributed by atoms with Gasteiger partial charge in [-0.2, -0.15) is 5.10 Å². The summed E-state index contributed by atoms with van der Waals surface area (Å²) in [4.78, 5) is 19.8. The number of aromatic nitrogens is 3. The summed E-state index contributed by atoms with van der Waals surface area (Å²) in [5.41, 5.74) is 1.40. The zero-order valence-corrected chi connectivity index (χ0v) is 16.9. The van der Waals surface area contributed by atoms with Gasteiger partial charge in [0, 0.05) is 18.3 Å². The smallest absolute Gasteiger partial charge is 0.416 e. The second kappa shape index (κ2) is 7.92. The highest BCUT2D eigenvalue weighted by molar-refractivity contribution is 5.98. The predicted octanol–water partition coefficient (Wildman–Crippen LogP) is 5.17. The van der Waals surface area contributed by atoms with Crippen LogP contribution in [0.2, 0.25) is 0 Å². The van der Waals surface area contributed by atoms with E-state index in [1.807, 2.05) is 4.90 Å². The van der Waals surface area contributed by atoms with Gasteiger partial charge >= 0.3 is 6.09 Å². The van der Waals surface area contributed by atoms with E-state index >= 15 is 0 Å². The standard InChI is InChI=1S/C23H19F2N5O2/c24-15-8-9-18(25)17(13-15)19-7-4-11-28(19)21-10-12-29-22(27-21)20(14-26-29)30(23(31)32)16-5-2-1-3-6-16/h1-3,5-6,8-10,12-14,19H,4,7,11H2,(H,31,32)/t19-/m1/s1. The Balaban J connectivity index is 1.58. The van der Waals surface area contributed by atoms with Crippen molar-refractivity contribution in [1.29, 1.82) is 0 Å². The van der Waals surface area contributed by atoms with Gasteiger partial charge < -0.3 is 10.0 Å². The van der Waals surface area contributed by atoms with E-state index in [9.17, 15) is 18.7 Å². The Hall–Kier alpha value is -4.01. The van der Waals surface area contributed by atoms with Crippen molar-refractivity contribution in [2.75, 3.05) is 16.3 Å². The van der Waals surface area contributed by atoms with E-state index in [0.717, 1.165) is 23.5 Å². The van der Waals surface area contributed by atoms with Crippen LogP contribution in [-0.2, 0) is 0 Å². The van der Waals surface area contributed by atoms with Gasteiger partial charge in [-0.3, -0.25) is 0 Å². The van der Waals surface area contributed by atoms with Gasteiger partial charge in [-0.1, -0.05) is 18.2 Å². The summed E-state index contributed by atoms with van der Waals surface area (Å²) < 4.78 is 29.8. The number of carbonyl (C=O) groups is 1. The second-order valence-electron chi connectivity index (χ2n) is 7.55. The lowest BCUT2D eigenvalue weighted by Crippen LogP contribution is -2.25. The number of anilines is 3. The third-order valence-corrected chi connectivity index (χ3v) is 5.65. The molecule has 1 aliphatic rings. The summed E-state index contributed by atoms with van der Waals surface area (Å²) >= 11 is 0. The molecule has 1 fully saturated rings. The molecule has 0 saturated carbocycles. The SMILES string of the molecule is O=C(O)N(c1ccccc1)c1cnn2ccc(N3CCC[C@@H]3c3cc(F)ccc3F)nc12. The number of benzene rings is 2. The number of amides is 1.